The van der Waals surface area contributed by atoms with Crippen LogP contribution in [0.3, 0.4) is 0 Å². The van der Waals surface area contributed by atoms with E-state index in [1.807, 2.05) is 60.7 Å². The lowest BCUT2D eigenvalue weighted by Crippen LogP contribution is -1.98. The van der Waals surface area contributed by atoms with Gasteiger partial charge in [0.05, 0.1) is 0 Å². The topological polar surface area (TPSA) is 34.1 Å². The van der Waals surface area contributed by atoms with Crippen molar-refractivity contribution in [1.29, 1.82) is 0 Å². The standard InChI is InChI=1S/C28H14O2/c29-27-19-11-5-3-9-17(19)23-21-14-13-15-7-1-2-8-16(15)22(21)25-24(26(23)27)18-10-4-6-12-20(18)28(25)30/h1-14H. The zero-order valence-corrected chi connectivity index (χ0v) is 15.9. The lowest BCUT2D eigenvalue weighted by atomic mass is 9.93. The van der Waals surface area contributed by atoms with Crippen LogP contribution in [0.1, 0.15) is 0 Å². The molecule has 30 heavy (non-hydrogen) atoms. The molecule has 0 amide bonds. The molecule has 0 saturated heterocycles. The van der Waals surface area contributed by atoms with Crippen molar-refractivity contribution in [2.24, 2.45) is 0 Å². The number of fused-ring (bicyclic) bond motifs is 12. The number of rotatable bonds is 0. The zero-order valence-electron chi connectivity index (χ0n) is 15.9. The average Bonchev–Trinajstić information content (AvgIpc) is 3.26. The maximum atomic E-state index is 13.6. The van der Waals surface area contributed by atoms with Gasteiger partial charge in [-0.1, -0.05) is 84.9 Å². The molecule has 0 saturated carbocycles. The SMILES string of the molecule is O=c1c2ccccc2c2c1c1c3ccccc3ccc1c1c3ccccc3c(=O)c12. The van der Waals surface area contributed by atoms with E-state index in [1.54, 1.807) is 0 Å². The van der Waals surface area contributed by atoms with Crippen LogP contribution in [0.25, 0.3) is 64.6 Å². The Morgan fingerprint density at radius 1 is 0.333 bits per heavy atom. The first-order chi connectivity index (χ1) is 14.8. The molecular formula is C28H14O2. The third kappa shape index (κ3) is 1.71. The highest BCUT2D eigenvalue weighted by molar-refractivity contribution is 6.41. The molecule has 0 aliphatic heterocycles. The molecule has 0 fully saturated rings. The van der Waals surface area contributed by atoms with Crippen molar-refractivity contribution < 1.29 is 0 Å². The third-order valence-corrected chi connectivity index (χ3v) is 6.53. The van der Waals surface area contributed by atoms with Crippen LogP contribution in [-0.2, 0) is 0 Å². The predicted molar refractivity (Wildman–Crippen MR) is 126 cm³/mol. The minimum Gasteiger partial charge on any atom is -0.289 e. The van der Waals surface area contributed by atoms with Crippen molar-refractivity contribution in [3.05, 3.63) is 105 Å². The summed E-state index contributed by atoms with van der Waals surface area (Å²) < 4.78 is 0. The van der Waals surface area contributed by atoms with Crippen molar-refractivity contribution in [3.8, 4) is 0 Å². The van der Waals surface area contributed by atoms with Crippen LogP contribution in [-0.4, -0.2) is 0 Å². The summed E-state index contributed by atoms with van der Waals surface area (Å²) in [7, 11) is 0. The first-order valence-electron chi connectivity index (χ1n) is 10.1. The molecule has 7 aromatic carbocycles. The van der Waals surface area contributed by atoms with Gasteiger partial charge in [0.25, 0.3) is 0 Å². The third-order valence-electron chi connectivity index (χ3n) is 6.53. The van der Waals surface area contributed by atoms with Crippen molar-refractivity contribution >= 4 is 64.6 Å². The Bertz CT molecular complexity index is 1930. The smallest absolute Gasteiger partial charge is 0.194 e. The fourth-order valence-electron chi connectivity index (χ4n) is 5.33. The molecule has 0 heterocycles. The monoisotopic (exact) mass is 382 g/mol. The zero-order chi connectivity index (χ0) is 20.0. The predicted octanol–water partition coefficient (Wildman–Crippen LogP) is 6.20. The summed E-state index contributed by atoms with van der Waals surface area (Å²) in [5.74, 6) is 0. The normalized spacial score (nSPS) is 12.3. The van der Waals surface area contributed by atoms with Gasteiger partial charge in [-0.05, 0) is 26.9 Å². The van der Waals surface area contributed by atoms with Crippen molar-refractivity contribution in [2.45, 2.75) is 0 Å². The highest BCUT2D eigenvalue weighted by Gasteiger charge is 2.23. The molecule has 0 radical (unpaired) electrons. The first-order valence-corrected chi connectivity index (χ1v) is 10.1. The maximum Gasteiger partial charge on any atom is 0.194 e. The fourth-order valence-corrected chi connectivity index (χ4v) is 5.33. The highest BCUT2D eigenvalue weighted by Crippen LogP contribution is 2.42. The Morgan fingerprint density at radius 3 is 1.43 bits per heavy atom. The second-order valence-electron chi connectivity index (χ2n) is 7.96. The van der Waals surface area contributed by atoms with Crippen LogP contribution in [0.15, 0.2) is 94.5 Å². The fraction of sp³-hybridized carbons (Fsp3) is 0. The van der Waals surface area contributed by atoms with E-state index in [-0.39, 0.29) is 10.9 Å². The lowest BCUT2D eigenvalue weighted by molar-refractivity contribution is 1.80. The van der Waals surface area contributed by atoms with Crippen molar-refractivity contribution in [2.75, 3.05) is 0 Å². The van der Waals surface area contributed by atoms with Gasteiger partial charge < -0.3 is 0 Å². The van der Waals surface area contributed by atoms with Crippen LogP contribution in [0.5, 0.6) is 0 Å². The molecule has 0 N–H and O–H groups in total. The molecule has 0 aliphatic carbocycles. The van der Waals surface area contributed by atoms with Crippen LogP contribution in [0.4, 0.5) is 0 Å². The van der Waals surface area contributed by atoms with E-state index in [0.29, 0.717) is 21.5 Å². The summed E-state index contributed by atoms with van der Waals surface area (Å²) in [5, 5.41) is 10.4. The minimum atomic E-state index is 0.00788. The molecule has 0 aromatic heterocycles. The summed E-state index contributed by atoms with van der Waals surface area (Å²) >= 11 is 0. The molecule has 0 bridgehead atoms. The van der Waals surface area contributed by atoms with Gasteiger partial charge in [-0.25, -0.2) is 0 Å². The molecule has 0 spiro atoms. The molecule has 138 valence electrons. The Balaban J connectivity index is 2.03. The maximum absolute atomic E-state index is 13.6. The largest absolute Gasteiger partial charge is 0.289 e. The molecule has 0 aliphatic rings. The van der Waals surface area contributed by atoms with Gasteiger partial charge >= 0.3 is 0 Å². The van der Waals surface area contributed by atoms with Crippen molar-refractivity contribution in [3.63, 3.8) is 0 Å². The summed E-state index contributed by atoms with van der Waals surface area (Å²) in [5.41, 5.74) is 0.0184. The van der Waals surface area contributed by atoms with Gasteiger partial charge in [0.15, 0.2) is 10.9 Å². The van der Waals surface area contributed by atoms with Crippen LogP contribution >= 0.6 is 0 Å². The number of benzene rings is 5. The number of hydrogen-bond acceptors (Lipinski definition) is 2. The summed E-state index contributed by atoms with van der Waals surface area (Å²) in [6.07, 6.45) is 0. The Labute approximate surface area is 170 Å². The summed E-state index contributed by atoms with van der Waals surface area (Å²) in [4.78, 5) is 27.2. The van der Waals surface area contributed by atoms with E-state index in [0.717, 1.165) is 43.1 Å². The van der Waals surface area contributed by atoms with E-state index in [1.165, 1.54) is 0 Å². The van der Waals surface area contributed by atoms with Crippen LogP contribution in [0, 0.1) is 0 Å². The quantitative estimate of drug-likeness (QED) is 0.293. The van der Waals surface area contributed by atoms with Gasteiger partial charge in [-0.3, -0.25) is 9.59 Å². The van der Waals surface area contributed by atoms with Gasteiger partial charge in [0.1, 0.15) is 0 Å². The molecule has 0 atom stereocenters. The van der Waals surface area contributed by atoms with E-state index < -0.39 is 0 Å². The second-order valence-corrected chi connectivity index (χ2v) is 7.96. The first kappa shape index (κ1) is 15.8. The van der Waals surface area contributed by atoms with Gasteiger partial charge in [-0.2, -0.15) is 0 Å². The molecular weight excluding hydrogens is 368 g/mol. The van der Waals surface area contributed by atoms with Crippen LogP contribution in [0.2, 0.25) is 0 Å². The summed E-state index contributed by atoms with van der Waals surface area (Å²) in [6, 6.07) is 27.8. The van der Waals surface area contributed by atoms with Crippen LogP contribution < -0.4 is 10.9 Å². The second kappa shape index (κ2) is 5.31. The molecule has 2 nitrogen and oxygen atoms in total. The van der Waals surface area contributed by atoms with Gasteiger partial charge in [-0.15, -0.1) is 0 Å². The summed E-state index contributed by atoms with van der Waals surface area (Å²) in [6.45, 7) is 0. The van der Waals surface area contributed by atoms with Gasteiger partial charge in [0.2, 0.25) is 0 Å². The Hall–Kier alpha value is -4.04. The average molecular weight is 382 g/mol. The minimum absolute atomic E-state index is 0.00788. The molecule has 0 unspecified atom stereocenters. The molecule has 2 heteroatoms. The lowest BCUT2D eigenvalue weighted by Gasteiger charge is -2.08. The van der Waals surface area contributed by atoms with E-state index in [4.69, 9.17) is 0 Å². The van der Waals surface area contributed by atoms with Gasteiger partial charge in [0, 0.05) is 37.7 Å². The Kier molecular flexibility index (Phi) is 2.80. The van der Waals surface area contributed by atoms with E-state index >= 15 is 0 Å². The number of hydrogen-bond donors (Lipinski definition) is 0. The van der Waals surface area contributed by atoms with E-state index in [2.05, 4.69) is 24.3 Å². The van der Waals surface area contributed by atoms with Crippen molar-refractivity contribution in [1.82, 2.24) is 0 Å². The van der Waals surface area contributed by atoms with E-state index in [9.17, 15) is 9.59 Å². The molecule has 7 aromatic rings. The highest BCUT2D eigenvalue weighted by atomic mass is 16.1. The Morgan fingerprint density at radius 2 is 0.800 bits per heavy atom. The molecule has 7 rings (SSSR count).